The number of rotatable bonds is 6. The van der Waals surface area contributed by atoms with Crippen LogP contribution in [0.1, 0.15) is 10.4 Å². The molecule has 0 saturated carbocycles. The molecule has 4 heteroatoms. The van der Waals surface area contributed by atoms with Crippen LogP contribution in [0.5, 0.6) is 0 Å². The first kappa shape index (κ1) is 13.1. The average molecular weight is 261 g/mol. The highest BCUT2D eigenvalue weighted by atomic mass is 32.1. The van der Waals surface area contributed by atoms with Gasteiger partial charge in [-0.2, -0.15) is 0 Å². The number of hydrogen-bond donors (Lipinski definition) is 1. The minimum atomic E-state index is 0.876. The molecule has 2 aromatic heterocycles. The lowest BCUT2D eigenvalue weighted by molar-refractivity contribution is 0.800. The molecule has 3 nitrogen and oxygen atoms in total. The van der Waals surface area contributed by atoms with Crippen molar-refractivity contribution in [1.82, 2.24) is 10.3 Å². The standard InChI is InChI=1S/C14H19N3S/c1-15-10-12-5-7-16-11-14(12)17(2)8-6-13-4-3-9-18-13/h3-5,7,9,11,15H,6,8,10H2,1-2H3. The lowest BCUT2D eigenvalue weighted by Crippen LogP contribution is -2.22. The van der Waals surface area contributed by atoms with E-state index >= 15 is 0 Å². The Balaban J connectivity index is 2.01. The summed E-state index contributed by atoms with van der Waals surface area (Å²) in [6.07, 6.45) is 4.88. The fourth-order valence-corrected chi connectivity index (χ4v) is 2.65. The molecule has 0 aliphatic heterocycles. The van der Waals surface area contributed by atoms with Gasteiger partial charge in [0.15, 0.2) is 0 Å². The van der Waals surface area contributed by atoms with E-state index in [4.69, 9.17) is 0 Å². The minimum Gasteiger partial charge on any atom is -0.373 e. The van der Waals surface area contributed by atoms with Crippen LogP contribution >= 0.6 is 11.3 Å². The summed E-state index contributed by atoms with van der Waals surface area (Å²) in [4.78, 5) is 7.94. The van der Waals surface area contributed by atoms with E-state index in [0.717, 1.165) is 19.5 Å². The molecule has 96 valence electrons. The molecule has 0 unspecified atom stereocenters. The maximum atomic E-state index is 4.23. The van der Waals surface area contributed by atoms with E-state index in [1.54, 1.807) is 0 Å². The normalized spacial score (nSPS) is 10.6. The number of aromatic nitrogens is 1. The third kappa shape index (κ3) is 3.31. The summed E-state index contributed by atoms with van der Waals surface area (Å²) in [5, 5.41) is 5.33. The highest BCUT2D eigenvalue weighted by Gasteiger charge is 2.07. The SMILES string of the molecule is CNCc1ccncc1N(C)CCc1cccs1. The molecular formula is C14H19N3S. The van der Waals surface area contributed by atoms with Gasteiger partial charge in [-0.3, -0.25) is 4.98 Å². The second-order valence-electron chi connectivity index (χ2n) is 4.29. The third-order valence-corrected chi connectivity index (χ3v) is 3.88. The van der Waals surface area contributed by atoms with Crippen molar-refractivity contribution >= 4 is 17.0 Å². The molecule has 2 aromatic rings. The van der Waals surface area contributed by atoms with Crippen LogP contribution in [0, 0.1) is 0 Å². The quantitative estimate of drug-likeness (QED) is 0.866. The van der Waals surface area contributed by atoms with Crippen LogP contribution in [-0.2, 0) is 13.0 Å². The third-order valence-electron chi connectivity index (χ3n) is 2.94. The zero-order chi connectivity index (χ0) is 12.8. The molecule has 0 aromatic carbocycles. The summed E-state index contributed by atoms with van der Waals surface area (Å²) in [5.41, 5.74) is 2.50. The first-order chi connectivity index (χ1) is 8.81. The van der Waals surface area contributed by atoms with Crippen LogP contribution in [0.2, 0.25) is 0 Å². The van der Waals surface area contributed by atoms with Crippen LogP contribution in [-0.4, -0.2) is 25.6 Å². The molecule has 1 N–H and O–H groups in total. The van der Waals surface area contributed by atoms with Gasteiger partial charge in [-0.1, -0.05) is 6.07 Å². The summed E-state index contributed by atoms with van der Waals surface area (Å²) in [7, 11) is 4.10. The largest absolute Gasteiger partial charge is 0.373 e. The molecule has 0 aliphatic carbocycles. The number of anilines is 1. The van der Waals surface area contributed by atoms with Gasteiger partial charge in [0.25, 0.3) is 0 Å². The first-order valence-electron chi connectivity index (χ1n) is 6.12. The number of pyridine rings is 1. The summed E-state index contributed by atoms with van der Waals surface area (Å²) >= 11 is 1.82. The topological polar surface area (TPSA) is 28.2 Å². The molecular weight excluding hydrogens is 242 g/mol. The Bertz CT molecular complexity index is 468. The lowest BCUT2D eigenvalue weighted by Gasteiger charge is -2.21. The Morgan fingerprint density at radius 2 is 2.28 bits per heavy atom. The van der Waals surface area contributed by atoms with Gasteiger partial charge in [0.05, 0.1) is 11.9 Å². The molecule has 0 saturated heterocycles. The van der Waals surface area contributed by atoms with Gasteiger partial charge in [0.2, 0.25) is 0 Å². The molecule has 2 heterocycles. The Labute approximate surface area is 112 Å². The zero-order valence-electron chi connectivity index (χ0n) is 10.9. The molecule has 0 atom stereocenters. The van der Waals surface area contributed by atoms with Gasteiger partial charge in [-0.25, -0.2) is 0 Å². The van der Waals surface area contributed by atoms with Crippen molar-refractivity contribution in [3.05, 3.63) is 46.4 Å². The van der Waals surface area contributed by atoms with Crippen molar-refractivity contribution in [2.75, 3.05) is 25.5 Å². The van der Waals surface area contributed by atoms with E-state index in [9.17, 15) is 0 Å². The first-order valence-corrected chi connectivity index (χ1v) is 7.00. The van der Waals surface area contributed by atoms with E-state index < -0.39 is 0 Å². The average Bonchev–Trinajstić information content (AvgIpc) is 2.90. The number of likely N-dealkylation sites (N-methyl/N-ethyl adjacent to an activating group) is 1. The molecule has 2 rings (SSSR count). The zero-order valence-corrected chi connectivity index (χ0v) is 11.7. The molecule has 0 aliphatic rings. The minimum absolute atomic E-state index is 0.876. The van der Waals surface area contributed by atoms with Crippen molar-refractivity contribution in [1.29, 1.82) is 0 Å². The molecule has 0 spiro atoms. The molecule has 18 heavy (non-hydrogen) atoms. The van der Waals surface area contributed by atoms with Crippen molar-refractivity contribution in [3.8, 4) is 0 Å². The number of thiophene rings is 1. The Kier molecular flexibility index (Phi) is 4.73. The second kappa shape index (κ2) is 6.52. The van der Waals surface area contributed by atoms with E-state index in [-0.39, 0.29) is 0 Å². The predicted octanol–water partition coefficient (Wildman–Crippen LogP) is 2.54. The highest BCUT2D eigenvalue weighted by Crippen LogP contribution is 2.18. The Morgan fingerprint density at radius 3 is 3.00 bits per heavy atom. The van der Waals surface area contributed by atoms with Gasteiger partial charge >= 0.3 is 0 Å². The highest BCUT2D eigenvalue weighted by molar-refractivity contribution is 7.09. The van der Waals surface area contributed by atoms with E-state index in [2.05, 4.69) is 45.8 Å². The van der Waals surface area contributed by atoms with E-state index in [1.807, 2.05) is 30.8 Å². The fourth-order valence-electron chi connectivity index (χ4n) is 1.95. The van der Waals surface area contributed by atoms with Gasteiger partial charge in [0.1, 0.15) is 0 Å². The number of nitrogens with zero attached hydrogens (tertiary/aromatic N) is 2. The fraction of sp³-hybridized carbons (Fsp3) is 0.357. The van der Waals surface area contributed by atoms with E-state index in [0.29, 0.717) is 0 Å². The van der Waals surface area contributed by atoms with Crippen molar-refractivity contribution in [3.63, 3.8) is 0 Å². The predicted molar refractivity (Wildman–Crippen MR) is 78.3 cm³/mol. The summed E-state index contributed by atoms with van der Waals surface area (Å²) in [6, 6.07) is 6.38. The summed E-state index contributed by atoms with van der Waals surface area (Å²) in [6.45, 7) is 1.89. The summed E-state index contributed by atoms with van der Waals surface area (Å²) < 4.78 is 0. The van der Waals surface area contributed by atoms with Crippen LogP contribution in [0.3, 0.4) is 0 Å². The van der Waals surface area contributed by atoms with Crippen LogP contribution in [0.15, 0.2) is 36.0 Å². The van der Waals surface area contributed by atoms with E-state index in [1.165, 1.54) is 16.1 Å². The van der Waals surface area contributed by atoms with Gasteiger partial charge < -0.3 is 10.2 Å². The van der Waals surface area contributed by atoms with Crippen molar-refractivity contribution in [2.45, 2.75) is 13.0 Å². The maximum absolute atomic E-state index is 4.23. The Hall–Kier alpha value is -1.39. The second-order valence-corrected chi connectivity index (χ2v) is 5.32. The van der Waals surface area contributed by atoms with Crippen LogP contribution in [0.4, 0.5) is 5.69 Å². The van der Waals surface area contributed by atoms with Crippen LogP contribution in [0.25, 0.3) is 0 Å². The molecule has 0 fully saturated rings. The monoisotopic (exact) mass is 261 g/mol. The Morgan fingerprint density at radius 1 is 1.39 bits per heavy atom. The maximum Gasteiger partial charge on any atom is 0.0595 e. The molecule has 0 radical (unpaired) electrons. The number of nitrogens with one attached hydrogen (secondary N) is 1. The van der Waals surface area contributed by atoms with Crippen molar-refractivity contribution < 1.29 is 0 Å². The van der Waals surface area contributed by atoms with Gasteiger partial charge in [-0.15, -0.1) is 11.3 Å². The smallest absolute Gasteiger partial charge is 0.0595 e. The molecule has 0 amide bonds. The van der Waals surface area contributed by atoms with Gasteiger partial charge in [0, 0.05) is 31.2 Å². The summed E-state index contributed by atoms with van der Waals surface area (Å²) in [5.74, 6) is 0. The molecule has 0 bridgehead atoms. The van der Waals surface area contributed by atoms with Gasteiger partial charge in [-0.05, 0) is 36.5 Å². The number of hydrogen-bond acceptors (Lipinski definition) is 4. The van der Waals surface area contributed by atoms with Crippen LogP contribution < -0.4 is 10.2 Å². The lowest BCUT2D eigenvalue weighted by atomic mass is 10.2. The van der Waals surface area contributed by atoms with Crippen molar-refractivity contribution in [2.24, 2.45) is 0 Å².